The van der Waals surface area contributed by atoms with E-state index in [0.29, 0.717) is 10.0 Å². The highest BCUT2D eigenvalue weighted by Crippen LogP contribution is 2.19. The molecule has 0 spiro atoms. The van der Waals surface area contributed by atoms with Crippen LogP contribution in [-0.4, -0.2) is 16.8 Å². The van der Waals surface area contributed by atoms with Gasteiger partial charge in [0, 0.05) is 4.47 Å². The minimum Gasteiger partial charge on any atom is -0.393 e. The zero-order chi connectivity index (χ0) is 9.14. The summed E-state index contributed by atoms with van der Waals surface area (Å²) in [6.45, 7) is -0.407. The highest BCUT2D eigenvalue weighted by atomic mass is 79.9. The van der Waals surface area contributed by atoms with Crippen molar-refractivity contribution < 1.29 is 14.6 Å². The molecule has 66 valence electrons. The van der Waals surface area contributed by atoms with Crippen LogP contribution in [0.1, 0.15) is 11.7 Å². The molecule has 0 amide bonds. The van der Waals surface area contributed by atoms with Gasteiger partial charge in [0.05, 0.1) is 6.61 Å². The molecular weight excluding hydrogens is 227 g/mol. The number of aliphatic hydroxyl groups is 2. The summed E-state index contributed by atoms with van der Waals surface area (Å²) in [7, 11) is 0. The Labute approximate surface area is 77.8 Å². The van der Waals surface area contributed by atoms with Crippen molar-refractivity contribution in [2.45, 2.75) is 6.10 Å². The molecule has 0 radical (unpaired) electrons. The summed E-state index contributed by atoms with van der Waals surface area (Å²) >= 11 is 3.08. The quantitative estimate of drug-likeness (QED) is 0.817. The van der Waals surface area contributed by atoms with E-state index in [9.17, 15) is 4.39 Å². The number of aliphatic hydroxyl groups excluding tert-OH is 2. The molecule has 0 bridgehead atoms. The molecule has 2 nitrogen and oxygen atoms in total. The van der Waals surface area contributed by atoms with Crippen LogP contribution in [0.2, 0.25) is 0 Å². The van der Waals surface area contributed by atoms with Crippen LogP contribution in [0.4, 0.5) is 4.39 Å². The van der Waals surface area contributed by atoms with Gasteiger partial charge in [0.15, 0.2) is 0 Å². The summed E-state index contributed by atoms with van der Waals surface area (Å²) < 4.78 is 13.2. The van der Waals surface area contributed by atoms with Gasteiger partial charge in [0.25, 0.3) is 0 Å². The van der Waals surface area contributed by atoms with Crippen molar-refractivity contribution >= 4 is 15.9 Å². The fraction of sp³-hybridized carbons (Fsp3) is 0.250. The predicted molar refractivity (Wildman–Crippen MR) is 46.1 cm³/mol. The topological polar surface area (TPSA) is 40.5 Å². The zero-order valence-corrected chi connectivity index (χ0v) is 7.75. The maximum absolute atomic E-state index is 12.7. The molecule has 1 atom stereocenters. The van der Waals surface area contributed by atoms with E-state index in [2.05, 4.69) is 15.9 Å². The van der Waals surface area contributed by atoms with Gasteiger partial charge in [-0.15, -0.1) is 0 Å². The molecule has 1 aromatic carbocycles. The van der Waals surface area contributed by atoms with Crippen molar-refractivity contribution in [3.63, 3.8) is 0 Å². The van der Waals surface area contributed by atoms with Crippen molar-refractivity contribution in [1.82, 2.24) is 0 Å². The van der Waals surface area contributed by atoms with Crippen molar-refractivity contribution in [1.29, 1.82) is 0 Å². The average Bonchev–Trinajstić information content (AvgIpc) is 2.01. The minimum atomic E-state index is -1.02. The molecule has 1 aromatic rings. The highest BCUT2D eigenvalue weighted by molar-refractivity contribution is 9.10. The van der Waals surface area contributed by atoms with E-state index in [1.54, 1.807) is 6.07 Å². The van der Waals surface area contributed by atoms with Gasteiger partial charge in [-0.2, -0.15) is 0 Å². The summed E-state index contributed by atoms with van der Waals surface area (Å²) in [5.41, 5.74) is 0.365. The second kappa shape index (κ2) is 3.98. The van der Waals surface area contributed by atoms with E-state index in [0.717, 1.165) is 0 Å². The molecule has 4 heteroatoms. The first kappa shape index (κ1) is 9.64. The standard InChI is InChI=1S/C8H8BrFO2/c9-6-1-5(8(12)4-11)2-7(10)3-6/h1-3,8,11-12H,4H2. The molecular formula is C8H8BrFO2. The third-order valence-electron chi connectivity index (χ3n) is 1.44. The summed E-state index contributed by atoms with van der Waals surface area (Å²) in [5.74, 6) is -0.438. The van der Waals surface area contributed by atoms with E-state index in [1.807, 2.05) is 0 Å². The molecule has 0 heterocycles. The summed E-state index contributed by atoms with van der Waals surface area (Å²) in [6.07, 6.45) is -1.02. The Kier molecular flexibility index (Phi) is 3.20. The Bertz CT molecular complexity index is 258. The van der Waals surface area contributed by atoms with Crippen molar-refractivity contribution in [3.8, 4) is 0 Å². The molecule has 0 aromatic heterocycles. The lowest BCUT2D eigenvalue weighted by Gasteiger charge is -2.07. The highest BCUT2D eigenvalue weighted by Gasteiger charge is 2.07. The van der Waals surface area contributed by atoms with Gasteiger partial charge < -0.3 is 10.2 Å². The van der Waals surface area contributed by atoms with Crippen LogP contribution in [0.5, 0.6) is 0 Å². The van der Waals surface area contributed by atoms with E-state index >= 15 is 0 Å². The Morgan fingerprint density at radius 3 is 2.58 bits per heavy atom. The Balaban J connectivity index is 3.00. The molecule has 0 saturated heterocycles. The summed E-state index contributed by atoms with van der Waals surface area (Å²) in [6, 6.07) is 4.03. The number of halogens is 2. The van der Waals surface area contributed by atoms with Gasteiger partial charge in [-0.25, -0.2) is 4.39 Å². The third kappa shape index (κ3) is 2.27. The maximum atomic E-state index is 12.7. The molecule has 0 aliphatic carbocycles. The van der Waals surface area contributed by atoms with Crippen molar-refractivity contribution in [3.05, 3.63) is 34.1 Å². The summed E-state index contributed by atoms with van der Waals surface area (Å²) in [4.78, 5) is 0. The molecule has 1 unspecified atom stereocenters. The summed E-state index contributed by atoms with van der Waals surface area (Å²) in [5, 5.41) is 17.7. The predicted octanol–water partition coefficient (Wildman–Crippen LogP) is 1.61. The SMILES string of the molecule is OCC(O)c1cc(F)cc(Br)c1. The lowest BCUT2D eigenvalue weighted by molar-refractivity contribution is 0.0953. The minimum absolute atomic E-state index is 0.365. The monoisotopic (exact) mass is 234 g/mol. The zero-order valence-electron chi connectivity index (χ0n) is 6.17. The van der Waals surface area contributed by atoms with Gasteiger partial charge in [-0.3, -0.25) is 0 Å². The Morgan fingerprint density at radius 1 is 1.42 bits per heavy atom. The molecule has 12 heavy (non-hydrogen) atoms. The lowest BCUT2D eigenvalue weighted by Crippen LogP contribution is -2.02. The van der Waals surface area contributed by atoms with Crippen LogP contribution < -0.4 is 0 Å². The van der Waals surface area contributed by atoms with Crippen LogP contribution >= 0.6 is 15.9 Å². The molecule has 0 aliphatic heterocycles. The van der Waals surface area contributed by atoms with Crippen molar-refractivity contribution in [2.75, 3.05) is 6.61 Å². The van der Waals surface area contributed by atoms with Gasteiger partial charge in [0.2, 0.25) is 0 Å². The number of benzene rings is 1. The van der Waals surface area contributed by atoms with E-state index in [4.69, 9.17) is 10.2 Å². The second-order valence-corrected chi connectivity index (χ2v) is 3.32. The molecule has 2 N–H and O–H groups in total. The molecule has 1 rings (SSSR count). The van der Waals surface area contributed by atoms with Gasteiger partial charge in [-0.05, 0) is 23.8 Å². The molecule has 0 fully saturated rings. The Hall–Kier alpha value is -0.450. The van der Waals surface area contributed by atoms with Crippen LogP contribution in [0.15, 0.2) is 22.7 Å². The lowest BCUT2D eigenvalue weighted by atomic mass is 10.1. The maximum Gasteiger partial charge on any atom is 0.124 e. The van der Waals surface area contributed by atoms with Gasteiger partial charge in [0.1, 0.15) is 11.9 Å². The second-order valence-electron chi connectivity index (χ2n) is 2.40. The van der Waals surface area contributed by atoms with Crippen molar-refractivity contribution in [2.24, 2.45) is 0 Å². The number of hydrogen-bond donors (Lipinski definition) is 2. The smallest absolute Gasteiger partial charge is 0.124 e. The van der Waals surface area contributed by atoms with E-state index < -0.39 is 18.5 Å². The van der Waals surface area contributed by atoms with Crippen LogP contribution in [0, 0.1) is 5.82 Å². The number of hydrogen-bond acceptors (Lipinski definition) is 2. The Morgan fingerprint density at radius 2 is 2.08 bits per heavy atom. The fourth-order valence-electron chi connectivity index (χ4n) is 0.873. The average molecular weight is 235 g/mol. The molecule has 0 saturated carbocycles. The fourth-order valence-corrected chi connectivity index (χ4v) is 1.36. The van der Waals surface area contributed by atoms with E-state index in [-0.39, 0.29) is 0 Å². The van der Waals surface area contributed by atoms with Gasteiger partial charge in [-0.1, -0.05) is 15.9 Å². The number of rotatable bonds is 2. The van der Waals surface area contributed by atoms with Crippen LogP contribution in [0.25, 0.3) is 0 Å². The first-order chi connectivity index (χ1) is 5.63. The van der Waals surface area contributed by atoms with E-state index in [1.165, 1.54) is 12.1 Å². The van der Waals surface area contributed by atoms with Crippen LogP contribution in [-0.2, 0) is 0 Å². The molecule has 0 aliphatic rings. The third-order valence-corrected chi connectivity index (χ3v) is 1.90. The van der Waals surface area contributed by atoms with Crippen LogP contribution in [0.3, 0.4) is 0 Å². The first-order valence-corrected chi connectivity index (χ1v) is 4.17. The van der Waals surface area contributed by atoms with Gasteiger partial charge >= 0.3 is 0 Å². The largest absolute Gasteiger partial charge is 0.393 e. The first-order valence-electron chi connectivity index (χ1n) is 3.38. The normalized spacial score (nSPS) is 13.0.